The summed E-state index contributed by atoms with van der Waals surface area (Å²) < 4.78 is 5.28. The maximum absolute atomic E-state index is 4.98. The molecule has 236 valence electrons. The number of hydrogen-bond donors (Lipinski definition) is 0. The van der Waals surface area contributed by atoms with Crippen LogP contribution in [0.3, 0.4) is 0 Å². The molecule has 2 nitrogen and oxygen atoms in total. The largest absolute Gasteiger partial charge is 2.00 e. The molecule has 51 heavy (non-hydrogen) atoms. The van der Waals surface area contributed by atoms with Crippen LogP contribution in [0.25, 0.3) is 96.2 Å². The molecule has 10 rings (SSSR count). The Morgan fingerprint density at radius 2 is 1.00 bits per heavy atom. The average molecular weight is 909 g/mol. The first-order chi connectivity index (χ1) is 24.8. The molecule has 0 N–H and O–H groups in total. The van der Waals surface area contributed by atoms with E-state index < -0.39 is 0 Å². The van der Waals surface area contributed by atoms with E-state index in [2.05, 4.69) is 163 Å². The number of aromatic nitrogens is 2. The van der Waals surface area contributed by atoms with Gasteiger partial charge in [0.25, 0.3) is 0 Å². The first-order valence-corrected chi connectivity index (χ1v) is 18.2. The number of fused-ring (bicyclic) bond motifs is 6. The Bertz CT molecular complexity index is 2670. The minimum atomic E-state index is 0. The van der Waals surface area contributed by atoms with Gasteiger partial charge in [-0.1, -0.05) is 121 Å². The summed E-state index contributed by atoms with van der Waals surface area (Å²) in [5.74, 6) is 0. The van der Waals surface area contributed by atoms with Crippen molar-refractivity contribution in [2.45, 2.75) is 0 Å². The summed E-state index contributed by atoms with van der Waals surface area (Å²) >= 11 is 3.72. The van der Waals surface area contributed by atoms with Crippen molar-refractivity contribution in [2.24, 2.45) is 0 Å². The van der Waals surface area contributed by atoms with Crippen molar-refractivity contribution in [3.63, 3.8) is 0 Å². The fraction of sp³-hybridized carbons (Fsp3) is 0. The van der Waals surface area contributed by atoms with Crippen LogP contribution in [0.4, 0.5) is 0 Å². The SMILES string of the molecule is [U+2].[c-]1ccc(-c2ccc(-c3cccc4c3sc3ccccc34)cc2)cc1-c1[c-]ncc(-c2ccc(-c3cccc4c3sc3ccccc34)cc2)n1. The fourth-order valence-electron chi connectivity index (χ4n) is 6.98. The summed E-state index contributed by atoms with van der Waals surface area (Å²) in [4.78, 5) is 9.45. The van der Waals surface area contributed by atoms with Crippen LogP contribution in [0.2, 0.25) is 0 Å². The van der Waals surface area contributed by atoms with E-state index in [0.717, 1.165) is 27.9 Å². The van der Waals surface area contributed by atoms with Gasteiger partial charge in [-0.3, -0.25) is 0 Å². The van der Waals surface area contributed by atoms with E-state index >= 15 is 0 Å². The zero-order valence-corrected chi connectivity index (χ0v) is 33.0. The van der Waals surface area contributed by atoms with Crippen molar-refractivity contribution < 1.29 is 31.1 Å². The molecule has 0 radical (unpaired) electrons. The molecule has 3 heterocycles. The van der Waals surface area contributed by atoms with Crippen LogP contribution in [-0.4, -0.2) is 9.97 Å². The molecule has 0 spiro atoms. The van der Waals surface area contributed by atoms with Crippen LogP contribution in [0.1, 0.15) is 0 Å². The Morgan fingerprint density at radius 1 is 0.471 bits per heavy atom. The molecule has 0 saturated heterocycles. The molecule has 0 atom stereocenters. The van der Waals surface area contributed by atoms with Crippen molar-refractivity contribution in [3.05, 3.63) is 170 Å². The van der Waals surface area contributed by atoms with Crippen LogP contribution >= 0.6 is 22.7 Å². The summed E-state index contributed by atoms with van der Waals surface area (Å²) in [5.41, 5.74) is 10.5. The number of nitrogens with zero attached hydrogens (tertiary/aromatic N) is 2. The predicted molar refractivity (Wildman–Crippen MR) is 213 cm³/mol. The normalized spacial score (nSPS) is 11.4. The van der Waals surface area contributed by atoms with Crippen LogP contribution in [0.5, 0.6) is 0 Å². The quantitative estimate of drug-likeness (QED) is 0.161. The first kappa shape index (κ1) is 32.0. The predicted octanol–water partition coefficient (Wildman–Crippen LogP) is 13.1. The van der Waals surface area contributed by atoms with Crippen LogP contribution in [0.15, 0.2) is 158 Å². The topological polar surface area (TPSA) is 25.8 Å². The maximum atomic E-state index is 4.98. The van der Waals surface area contributed by atoms with E-state index in [1.54, 1.807) is 6.20 Å². The summed E-state index contributed by atoms with van der Waals surface area (Å²) in [6, 6.07) is 57.5. The fourth-order valence-corrected chi connectivity index (χ4v) is 9.46. The molecule has 0 aliphatic carbocycles. The third-order valence-electron chi connectivity index (χ3n) is 9.48. The van der Waals surface area contributed by atoms with Crippen LogP contribution in [-0.2, 0) is 0 Å². The monoisotopic (exact) mass is 908 g/mol. The molecule has 0 saturated carbocycles. The summed E-state index contributed by atoms with van der Waals surface area (Å²) in [7, 11) is 0. The smallest absolute Gasteiger partial charge is 0.399 e. The van der Waals surface area contributed by atoms with Gasteiger partial charge in [0.2, 0.25) is 0 Å². The number of thiophene rings is 2. The molecule has 0 amide bonds. The van der Waals surface area contributed by atoms with E-state index in [1.165, 1.54) is 62.6 Å². The average Bonchev–Trinajstić information content (AvgIpc) is 3.77. The Hall–Kier alpha value is -4.89. The van der Waals surface area contributed by atoms with E-state index in [0.29, 0.717) is 5.69 Å². The van der Waals surface area contributed by atoms with Crippen LogP contribution < -0.4 is 0 Å². The molecular weight excluding hydrogens is 883 g/mol. The minimum Gasteiger partial charge on any atom is -0.399 e. The molecular formula is C46H26N2S2U. The van der Waals surface area contributed by atoms with Gasteiger partial charge in [-0.05, 0) is 51.7 Å². The molecule has 0 fully saturated rings. The van der Waals surface area contributed by atoms with Gasteiger partial charge in [-0.25, -0.2) is 11.6 Å². The number of hydrogen-bond acceptors (Lipinski definition) is 4. The molecule has 0 aliphatic heterocycles. The third-order valence-corrected chi connectivity index (χ3v) is 11.9. The zero-order chi connectivity index (χ0) is 33.0. The molecule has 10 aromatic rings. The maximum Gasteiger partial charge on any atom is 2.00 e. The number of benzene rings is 7. The van der Waals surface area contributed by atoms with Crippen molar-refractivity contribution in [3.8, 4) is 55.9 Å². The zero-order valence-electron chi connectivity index (χ0n) is 27.2. The second-order valence-electron chi connectivity index (χ2n) is 12.4. The standard InChI is InChI=1S/C46H26N2S2.U/c1-3-16-43-37(10-1)39-14-6-12-35(45(39)49-43)30-20-18-29(19-21-30)33-8-5-9-34(26-33)42-28-47-27-41(48-42)32-24-22-31(23-25-32)36-13-7-15-40-38-11-2-4-17-44(38)50-46(36)40;/h1-8,10-27H;/q-2;+2. The van der Waals surface area contributed by atoms with E-state index in [9.17, 15) is 0 Å². The second-order valence-corrected chi connectivity index (χ2v) is 14.5. The van der Waals surface area contributed by atoms with Crippen molar-refractivity contribution in [1.82, 2.24) is 9.97 Å². The molecule has 7 aromatic carbocycles. The Kier molecular flexibility index (Phi) is 8.38. The number of rotatable bonds is 5. The van der Waals surface area contributed by atoms with Crippen molar-refractivity contribution >= 4 is 63.0 Å². The van der Waals surface area contributed by atoms with Gasteiger partial charge in [0.1, 0.15) is 0 Å². The molecule has 3 aromatic heterocycles. The van der Waals surface area contributed by atoms with Gasteiger partial charge in [0, 0.05) is 46.0 Å². The molecule has 0 unspecified atom stereocenters. The second kappa shape index (κ2) is 13.3. The van der Waals surface area contributed by atoms with E-state index in [-0.39, 0.29) is 31.1 Å². The third kappa shape index (κ3) is 5.72. The van der Waals surface area contributed by atoms with Crippen LogP contribution in [0, 0.1) is 43.4 Å². The molecule has 5 heteroatoms. The summed E-state index contributed by atoms with van der Waals surface area (Å²) in [6.07, 6.45) is 4.89. The first-order valence-electron chi connectivity index (χ1n) is 16.6. The molecule has 0 bridgehead atoms. The minimum absolute atomic E-state index is 0. The van der Waals surface area contributed by atoms with E-state index in [4.69, 9.17) is 4.98 Å². The Balaban J connectivity index is 0.00000348. The van der Waals surface area contributed by atoms with Gasteiger partial charge >= 0.3 is 31.1 Å². The Morgan fingerprint density at radius 3 is 1.61 bits per heavy atom. The van der Waals surface area contributed by atoms with E-state index in [1.807, 2.05) is 28.7 Å². The van der Waals surface area contributed by atoms with Gasteiger partial charge in [-0.2, -0.15) is 12.1 Å². The summed E-state index contributed by atoms with van der Waals surface area (Å²) in [5, 5.41) is 5.25. The van der Waals surface area contributed by atoms with Gasteiger partial charge < -0.3 is 9.97 Å². The summed E-state index contributed by atoms with van der Waals surface area (Å²) in [6.45, 7) is 0. The molecule has 0 aliphatic rings. The van der Waals surface area contributed by atoms with Crippen molar-refractivity contribution in [2.75, 3.05) is 0 Å². The van der Waals surface area contributed by atoms with Gasteiger partial charge in [0.15, 0.2) is 0 Å². The Labute approximate surface area is 327 Å². The van der Waals surface area contributed by atoms with Crippen molar-refractivity contribution in [1.29, 1.82) is 0 Å². The van der Waals surface area contributed by atoms with Gasteiger partial charge in [-0.15, -0.1) is 46.2 Å². The van der Waals surface area contributed by atoms with Gasteiger partial charge in [0.05, 0.1) is 0 Å².